The first-order valence-corrected chi connectivity index (χ1v) is 6.38. The summed E-state index contributed by atoms with van der Waals surface area (Å²) >= 11 is 0. The van der Waals surface area contributed by atoms with Gasteiger partial charge in [-0.15, -0.1) is 0 Å². The molecule has 0 amide bonds. The molecule has 0 saturated carbocycles. The van der Waals surface area contributed by atoms with Crippen molar-refractivity contribution in [3.05, 3.63) is 28.8 Å². The van der Waals surface area contributed by atoms with Crippen LogP contribution in [0.1, 0.15) is 36.5 Å². The standard InChI is InChI=1S/C14H23N3O/c1-5-6-7-15-14(17-18)16-13-11(3)8-10(2)9-12(13)4/h8-9,18H,5-7H2,1-4H3,(H2,15,16,17). The van der Waals surface area contributed by atoms with Crippen LogP contribution in [0.15, 0.2) is 17.1 Å². The van der Waals surface area contributed by atoms with Gasteiger partial charge in [-0.2, -0.15) is 0 Å². The van der Waals surface area contributed by atoms with E-state index < -0.39 is 0 Å². The summed E-state index contributed by atoms with van der Waals surface area (Å²) in [5.74, 6) is 0.401. The monoisotopic (exact) mass is 249 g/mol. The molecule has 3 N–H and O–H groups in total. The molecule has 0 fully saturated rings. The number of rotatable bonds is 4. The fourth-order valence-electron chi connectivity index (χ4n) is 1.95. The fourth-order valence-corrected chi connectivity index (χ4v) is 1.95. The summed E-state index contributed by atoms with van der Waals surface area (Å²) in [6, 6.07) is 4.22. The minimum absolute atomic E-state index is 0.401. The SMILES string of the molecule is CCCCN=C(NO)Nc1c(C)cc(C)cc1C. The van der Waals surface area contributed by atoms with Gasteiger partial charge in [0.2, 0.25) is 5.96 Å². The van der Waals surface area contributed by atoms with Gasteiger partial charge in [-0.1, -0.05) is 31.0 Å². The molecule has 18 heavy (non-hydrogen) atoms. The summed E-state index contributed by atoms with van der Waals surface area (Å²) in [7, 11) is 0. The molecule has 4 heteroatoms. The number of aryl methyl sites for hydroxylation is 3. The molecular formula is C14H23N3O. The topological polar surface area (TPSA) is 56.7 Å². The van der Waals surface area contributed by atoms with Crippen LogP contribution in [0.3, 0.4) is 0 Å². The second-order valence-corrected chi connectivity index (χ2v) is 4.59. The Morgan fingerprint density at radius 2 is 1.83 bits per heavy atom. The summed E-state index contributed by atoms with van der Waals surface area (Å²) in [5, 5.41) is 12.2. The van der Waals surface area contributed by atoms with E-state index in [0.717, 1.165) is 29.7 Å². The highest BCUT2D eigenvalue weighted by molar-refractivity contribution is 5.94. The molecule has 100 valence electrons. The molecule has 0 atom stereocenters. The van der Waals surface area contributed by atoms with Gasteiger partial charge in [-0.3, -0.25) is 10.2 Å². The number of hydrogen-bond acceptors (Lipinski definition) is 2. The maximum atomic E-state index is 9.08. The molecule has 0 spiro atoms. The number of nitrogens with one attached hydrogen (secondary N) is 2. The van der Waals surface area contributed by atoms with E-state index in [1.165, 1.54) is 5.56 Å². The number of hydrogen-bond donors (Lipinski definition) is 3. The van der Waals surface area contributed by atoms with E-state index >= 15 is 0 Å². The lowest BCUT2D eigenvalue weighted by atomic mass is 10.1. The third-order valence-corrected chi connectivity index (χ3v) is 2.81. The van der Waals surface area contributed by atoms with Crippen LogP contribution < -0.4 is 10.8 Å². The second-order valence-electron chi connectivity index (χ2n) is 4.59. The normalized spacial score (nSPS) is 11.5. The number of anilines is 1. The van der Waals surface area contributed by atoms with Crippen LogP contribution in [0.5, 0.6) is 0 Å². The van der Waals surface area contributed by atoms with Crippen LogP contribution in [0.2, 0.25) is 0 Å². The van der Waals surface area contributed by atoms with Crippen LogP contribution in [-0.4, -0.2) is 17.7 Å². The summed E-state index contributed by atoms with van der Waals surface area (Å²) in [6.45, 7) is 8.98. The Labute approximate surface area is 109 Å². The zero-order chi connectivity index (χ0) is 13.5. The van der Waals surface area contributed by atoms with Crippen molar-refractivity contribution in [3.63, 3.8) is 0 Å². The predicted octanol–water partition coefficient (Wildman–Crippen LogP) is 3.16. The van der Waals surface area contributed by atoms with Gasteiger partial charge < -0.3 is 5.32 Å². The van der Waals surface area contributed by atoms with Gasteiger partial charge in [0.05, 0.1) is 0 Å². The Morgan fingerprint density at radius 1 is 1.22 bits per heavy atom. The van der Waals surface area contributed by atoms with E-state index in [2.05, 4.69) is 41.8 Å². The highest BCUT2D eigenvalue weighted by Crippen LogP contribution is 2.21. The van der Waals surface area contributed by atoms with Crippen molar-refractivity contribution in [2.75, 3.05) is 11.9 Å². The van der Waals surface area contributed by atoms with Gasteiger partial charge in [-0.25, -0.2) is 5.48 Å². The van der Waals surface area contributed by atoms with Crippen LogP contribution in [-0.2, 0) is 0 Å². The molecule has 0 radical (unpaired) electrons. The fraction of sp³-hybridized carbons (Fsp3) is 0.500. The minimum atomic E-state index is 0.401. The largest absolute Gasteiger partial charge is 0.324 e. The molecule has 1 rings (SSSR count). The van der Waals surface area contributed by atoms with Gasteiger partial charge in [0, 0.05) is 12.2 Å². The second kappa shape index (κ2) is 7.01. The first-order valence-electron chi connectivity index (χ1n) is 6.38. The average Bonchev–Trinajstić information content (AvgIpc) is 2.31. The average molecular weight is 249 g/mol. The van der Waals surface area contributed by atoms with Crippen molar-refractivity contribution in [1.29, 1.82) is 0 Å². The summed E-state index contributed by atoms with van der Waals surface area (Å²) in [6.07, 6.45) is 2.10. The van der Waals surface area contributed by atoms with Crippen molar-refractivity contribution in [2.45, 2.75) is 40.5 Å². The lowest BCUT2D eigenvalue weighted by molar-refractivity contribution is 0.234. The summed E-state index contributed by atoms with van der Waals surface area (Å²) in [4.78, 5) is 4.28. The van der Waals surface area contributed by atoms with Gasteiger partial charge in [0.1, 0.15) is 0 Å². The Morgan fingerprint density at radius 3 is 2.33 bits per heavy atom. The molecular weight excluding hydrogens is 226 g/mol. The van der Waals surface area contributed by atoms with E-state index in [1.54, 1.807) is 0 Å². The molecule has 0 unspecified atom stereocenters. The first-order chi connectivity index (χ1) is 8.58. The lowest BCUT2D eigenvalue weighted by Crippen LogP contribution is -2.28. The van der Waals surface area contributed by atoms with Crippen molar-refractivity contribution >= 4 is 11.6 Å². The molecule has 0 aromatic heterocycles. The molecule has 1 aromatic carbocycles. The molecule has 0 bridgehead atoms. The number of guanidine groups is 1. The number of unbranched alkanes of at least 4 members (excludes halogenated alkanes) is 1. The number of nitrogens with zero attached hydrogens (tertiary/aromatic N) is 1. The van der Waals surface area contributed by atoms with Crippen molar-refractivity contribution < 1.29 is 5.21 Å². The smallest absolute Gasteiger partial charge is 0.220 e. The Kier molecular flexibility index (Phi) is 5.65. The molecule has 1 aromatic rings. The summed E-state index contributed by atoms with van der Waals surface area (Å²) in [5.41, 5.74) is 6.64. The molecule has 0 saturated heterocycles. The van der Waals surface area contributed by atoms with Gasteiger partial charge in [0.25, 0.3) is 0 Å². The quantitative estimate of drug-likeness (QED) is 0.332. The number of benzene rings is 1. The van der Waals surface area contributed by atoms with Gasteiger partial charge in [0.15, 0.2) is 0 Å². The highest BCUT2D eigenvalue weighted by Gasteiger charge is 2.06. The molecule has 0 heterocycles. The Balaban J connectivity index is 2.85. The summed E-state index contributed by atoms with van der Waals surface area (Å²) < 4.78 is 0. The lowest BCUT2D eigenvalue weighted by Gasteiger charge is -2.14. The number of hydroxylamine groups is 1. The zero-order valence-corrected chi connectivity index (χ0v) is 11.7. The number of aliphatic imine (C=N–C) groups is 1. The molecule has 0 aliphatic heterocycles. The van der Waals surface area contributed by atoms with Crippen molar-refractivity contribution in [3.8, 4) is 0 Å². The maximum Gasteiger partial charge on any atom is 0.220 e. The van der Waals surface area contributed by atoms with E-state index in [4.69, 9.17) is 5.21 Å². The van der Waals surface area contributed by atoms with Crippen molar-refractivity contribution in [2.24, 2.45) is 4.99 Å². The van der Waals surface area contributed by atoms with E-state index in [0.29, 0.717) is 12.5 Å². The first kappa shape index (κ1) is 14.5. The molecule has 4 nitrogen and oxygen atoms in total. The van der Waals surface area contributed by atoms with Crippen LogP contribution in [0.25, 0.3) is 0 Å². The third kappa shape index (κ3) is 4.04. The minimum Gasteiger partial charge on any atom is -0.324 e. The van der Waals surface area contributed by atoms with E-state index in [9.17, 15) is 0 Å². The van der Waals surface area contributed by atoms with Gasteiger partial charge in [-0.05, 0) is 38.3 Å². The van der Waals surface area contributed by atoms with Crippen LogP contribution >= 0.6 is 0 Å². The van der Waals surface area contributed by atoms with E-state index in [-0.39, 0.29) is 0 Å². The van der Waals surface area contributed by atoms with Crippen LogP contribution in [0.4, 0.5) is 5.69 Å². The third-order valence-electron chi connectivity index (χ3n) is 2.81. The zero-order valence-electron chi connectivity index (χ0n) is 11.7. The van der Waals surface area contributed by atoms with Gasteiger partial charge >= 0.3 is 0 Å². The Hall–Kier alpha value is -1.55. The Bertz CT molecular complexity index is 404. The molecule has 0 aliphatic carbocycles. The van der Waals surface area contributed by atoms with E-state index in [1.807, 2.05) is 13.8 Å². The predicted molar refractivity (Wildman–Crippen MR) is 76.4 cm³/mol. The highest BCUT2D eigenvalue weighted by atomic mass is 16.5. The maximum absolute atomic E-state index is 9.08. The van der Waals surface area contributed by atoms with Crippen LogP contribution in [0, 0.1) is 20.8 Å². The van der Waals surface area contributed by atoms with Crippen molar-refractivity contribution in [1.82, 2.24) is 5.48 Å². The molecule has 0 aliphatic rings.